The summed E-state index contributed by atoms with van der Waals surface area (Å²) in [7, 11) is 0. The molecule has 0 aliphatic carbocycles. The molecule has 0 aliphatic rings. The van der Waals surface area contributed by atoms with Gasteiger partial charge in [-0.15, -0.1) is 0 Å². The van der Waals surface area contributed by atoms with E-state index in [1.165, 1.54) is 13.0 Å². The van der Waals surface area contributed by atoms with Gasteiger partial charge in [0.25, 0.3) is 0 Å². The molecule has 0 bridgehead atoms. The summed E-state index contributed by atoms with van der Waals surface area (Å²) in [5.74, 6) is 0.0654. The van der Waals surface area contributed by atoms with Gasteiger partial charge in [0, 0.05) is 0 Å². The van der Waals surface area contributed by atoms with Crippen molar-refractivity contribution >= 4 is 21.7 Å². The van der Waals surface area contributed by atoms with Crippen LogP contribution in [-0.4, -0.2) is 5.78 Å². The Balaban J connectivity index is 3.50. The van der Waals surface area contributed by atoms with E-state index >= 15 is 0 Å². The molecule has 8 heavy (non-hydrogen) atoms. The average Bonchev–Trinajstić information content (AvgIpc) is 1.66. The molecule has 0 rings (SSSR count). The molecule has 2 heteroatoms. The largest absolute Gasteiger partial charge is 0.295 e. The van der Waals surface area contributed by atoms with Crippen LogP contribution in [0.25, 0.3) is 0 Å². The topological polar surface area (TPSA) is 17.1 Å². The third-order valence-electron chi connectivity index (χ3n) is 0.515. The molecule has 0 atom stereocenters. The van der Waals surface area contributed by atoms with E-state index in [-0.39, 0.29) is 5.78 Å². The van der Waals surface area contributed by atoms with Gasteiger partial charge >= 0.3 is 0 Å². The van der Waals surface area contributed by atoms with Crippen molar-refractivity contribution in [3.05, 3.63) is 23.2 Å². The first-order chi connectivity index (χ1) is 3.77. The van der Waals surface area contributed by atoms with E-state index in [1.54, 1.807) is 17.1 Å². The lowest BCUT2D eigenvalue weighted by Crippen LogP contribution is -1.76. The minimum Gasteiger partial charge on any atom is -0.295 e. The van der Waals surface area contributed by atoms with Gasteiger partial charge in [0.05, 0.1) is 0 Å². The molecule has 0 unspecified atom stereocenters. The van der Waals surface area contributed by atoms with Crippen LogP contribution in [0.3, 0.4) is 0 Å². The van der Waals surface area contributed by atoms with Crippen LogP contribution in [0.5, 0.6) is 0 Å². The standard InChI is InChI=1S/C6H7BrO/c1-6(8)4-2-3-5-7/h2-5H,1H3/b4-2-,5-3+. The zero-order chi connectivity index (χ0) is 6.41. The Labute approximate surface area is 57.2 Å². The highest BCUT2D eigenvalue weighted by molar-refractivity contribution is 9.11. The van der Waals surface area contributed by atoms with E-state index in [2.05, 4.69) is 15.9 Å². The molecule has 0 aromatic carbocycles. The number of allylic oxidation sites excluding steroid dienone is 3. The minimum absolute atomic E-state index is 0.0654. The fraction of sp³-hybridized carbons (Fsp3) is 0.167. The summed E-state index contributed by atoms with van der Waals surface area (Å²) in [4.78, 5) is 11.9. The molecule has 0 heterocycles. The lowest BCUT2D eigenvalue weighted by Gasteiger charge is -1.71. The summed E-state index contributed by atoms with van der Waals surface area (Å²) < 4.78 is 0. The van der Waals surface area contributed by atoms with Crippen LogP contribution in [0, 0.1) is 0 Å². The third-order valence-corrected chi connectivity index (χ3v) is 0.820. The third kappa shape index (κ3) is 5.63. The van der Waals surface area contributed by atoms with Gasteiger partial charge in [0.15, 0.2) is 5.78 Å². The zero-order valence-electron chi connectivity index (χ0n) is 4.60. The van der Waals surface area contributed by atoms with Crippen molar-refractivity contribution in [2.75, 3.05) is 0 Å². The number of ketones is 1. The van der Waals surface area contributed by atoms with Crippen LogP contribution in [0.15, 0.2) is 23.2 Å². The predicted molar refractivity (Wildman–Crippen MR) is 37.9 cm³/mol. The highest BCUT2D eigenvalue weighted by atomic mass is 79.9. The first-order valence-corrected chi connectivity index (χ1v) is 3.13. The van der Waals surface area contributed by atoms with Gasteiger partial charge in [-0.1, -0.05) is 28.1 Å². The van der Waals surface area contributed by atoms with Crippen molar-refractivity contribution in [2.45, 2.75) is 6.92 Å². The molecule has 44 valence electrons. The highest BCUT2D eigenvalue weighted by Crippen LogP contribution is 1.83. The number of carbonyl (C=O) groups excluding carboxylic acids is 1. The summed E-state index contributed by atoms with van der Waals surface area (Å²) in [5.41, 5.74) is 0. The van der Waals surface area contributed by atoms with E-state index in [4.69, 9.17) is 0 Å². The molecule has 0 saturated heterocycles. The van der Waals surface area contributed by atoms with Crippen molar-refractivity contribution in [1.82, 2.24) is 0 Å². The van der Waals surface area contributed by atoms with Gasteiger partial charge < -0.3 is 0 Å². The Morgan fingerprint density at radius 2 is 2.12 bits per heavy atom. The van der Waals surface area contributed by atoms with E-state index in [0.717, 1.165) is 0 Å². The fourth-order valence-corrected chi connectivity index (χ4v) is 0.409. The maximum atomic E-state index is 10.2. The molecule has 0 aromatic heterocycles. The molecule has 0 aromatic rings. The lowest BCUT2D eigenvalue weighted by atomic mass is 10.4. The average molecular weight is 175 g/mol. The molecule has 0 fully saturated rings. The maximum absolute atomic E-state index is 10.2. The van der Waals surface area contributed by atoms with Gasteiger partial charge in [-0.2, -0.15) is 0 Å². The molecular formula is C6H7BrO. The molecule has 0 radical (unpaired) electrons. The van der Waals surface area contributed by atoms with Crippen molar-refractivity contribution < 1.29 is 4.79 Å². The molecule has 0 amide bonds. The van der Waals surface area contributed by atoms with E-state index in [1.807, 2.05) is 0 Å². The molecular weight excluding hydrogens is 168 g/mol. The monoisotopic (exact) mass is 174 g/mol. The summed E-state index contributed by atoms with van der Waals surface area (Å²) >= 11 is 3.06. The summed E-state index contributed by atoms with van der Waals surface area (Å²) in [6.07, 6.45) is 4.91. The quantitative estimate of drug-likeness (QED) is 0.463. The Hall–Kier alpha value is -0.370. The smallest absolute Gasteiger partial charge is 0.152 e. The highest BCUT2D eigenvalue weighted by Gasteiger charge is 1.75. The van der Waals surface area contributed by atoms with E-state index in [0.29, 0.717) is 0 Å². The van der Waals surface area contributed by atoms with Crippen molar-refractivity contribution in [3.63, 3.8) is 0 Å². The zero-order valence-corrected chi connectivity index (χ0v) is 6.18. The molecule has 0 N–H and O–H groups in total. The second-order valence-electron chi connectivity index (χ2n) is 1.29. The van der Waals surface area contributed by atoms with Crippen LogP contribution >= 0.6 is 15.9 Å². The molecule has 0 aliphatic heterocycles. The summed E-state index contributed by atoms with van der Waals surface area (Å²) in [6, 6.07) is 0. The van der Waals surface area contributed by atoms with Crippen LogP contribution in [-0.2, 0) is 4.79 Å². The predicted octanol–water partition coefficient (Wildman–Crippen LogP) is 2.04. The number of hydrogen-bond donors (Lipinski definition) is 0. The summed E-state index contributed by atoms with van der Waals surface area (Å²) in [6.45, 7) is 1.51. The van der Waals surface area contributed by atoms with Crippen LogP contribution in [0.4, 0.5) is 0 Å². The minimum atomic E-state index is 0.0654. The molecule has 0 saturated carbocycles. The normalized spacial score (nSPS) is 11.2. The van der Waals surface area contributed by atoms with Gasteiger partial charge in [0.2, 0.25) is 0 Å². The number of carbonyl (C=O) groups is 1. The van der Waals surface area contributed by atoms with Crippen molar-refractivity contribution in [2.24, 2.45) is 0 Å². The van der Waals surface area contributed by atoms with Gasteiger partial charge in [-0.25, -0.2) is 0 Å². The second kappa shape index (κ2) is 4.78. The Bertz CT molecular complexity index is 124. The second-order valence-corrected chi connectivity index (χ2v) is 1.82. The van der Waals surface area contributed by atoms with Crippen LogP contribution < -0.4 is 0 Å². The fourth-order valence-electron chi connectivity index (χ4n) is 0.233. The molecule has 0 spiro atoms. The first-order valence-electron chi connectivity index (χ1n) is 2.21. The Morgan fingerprint density at radius 3 is 2.50 bits per heavy atom. The van der Waals surface area contributed by atoms with Gasteiger partial charge in [-0.05, 0) is 18.0 Å². The van der Waals surface area contributed by atoms with Gasteiger partial charge in [0.1, 0.15) is 0 Å². The van der Waals surface area contributed by atoms with Crippen molar-refractivity contribution in [1.29, 1.82) is 0 Å². The number of halogens is 1. The van der Waals surface area contributed by atoms with E-state index < -0.39 is 0 Å². The lowest BCUT2D eigenvalue weighted by molar-refractivity contribution is -0.112. The van der Waals surface area contributed by atoms with Gasteiger partial charge in [-0.3, -0.25) is 4.79 Å². The number of rotatable bonds is 2. The first kappa shape index (κ1) is 7.63. The SMILES string of the molecule is CC(=O)/C=C\C=C\Br. The maximum Gasteiger partial charge on any atom is 0.152 e. The summed E-state index contributed by atoms with van der Waals surface area (Å²) in [5, 5.41) is 0. The Morgan fingerprint density at radius 1 is 1.50 bits per heavy atom. The number of hydrogen-bond acceptors (Lipinski definition) is 1. The van der Waals surface area contributed by atoms with Crippen molar-refractivity contribution in [3.8, 4) is 0 Å². The van der Waals surface area contributed by atoms with Crippen LogP contribution in [0.1, 0.15) is 6.92 Å². The molecule has 1 nitrogen and oxygen atoms in total. The Kier molecular flexibility index (Phi) is 4.56. The van der Waals surface area contributed by atoms with E-state index in [9.17, 15) is 4.79 Å². The van der Waals surface area contributed by atoms with Crippen LogP contribution in [0.2, 0.25) is 0 Å².